The minimum atomic E-state index is -0.821. The molecule has 1 aromatic carbocycles. The molecule has 0 saturated carbocycles. The van der Waals surface area contributed by atoms with Gasteiger partial charge in [0.05, 0.1) is 23.4 Å². The van der Waals surface area contributed by atoms with Crippen LogP contribution in [-0.4, -0.2) is 39.6 Å². The molecule has 3 rings (SSSR count). The lowest BCUT2D eigenvalue weighted by Gasteiger charge is -2.12. The van der Waals surface area contributed by atoms with Gasteiger partial charge >= 0.3 is 5.97 Å². The van der Waals surface area contributed by atoms with Crippen LogP contribution in [0.2, 0.25) is 0 Å². The lowest BCUT2D eigenvalue weighted by molar-refractivity contribution is -0.133. The van der Waals surface area contributed by atoms with Gasteiger partial charge in [0, 0.05) is 19.1 Å². The Labute approximate surface area is 120 Å². The third-order valence-electron chi connectivity index (χ3n) is 3.41. The van der Waals surface area contributed by atoms with Crippen LogP contribution in [0.3, 0.4) is 0 Å². The second kappa shape index (κ2) is 5.85. The van der Waals surface area contributed by atoms with Crippen LogP contribution < -0.4 is 0 Å². The van der Waals surface area contributed by atoms with E-state index in [0.29, 0.717) is 5.92 Å². The highest BCUT2D eigenvalue weighted by molar-refractivity contribution is 7.99. The number of fused-ring (bicyclic) bond motifs is 1. The van der Waals surface area contributed by atoms with Crippen LogP contribution >= 0.6 is 11.8 Å². The molecule has 1 unspecified atom stereocenters. The highest BCUT2D eigenvalue weighted by Crippen LogP contribution is 2.26. The molecule has 0 spiro atoms. The summed E-state index contributed by atoms with van der Waals surface area (Å²) >= 11 is 1.28. The van der Waals surface area contributed by atoms with Crippen molar-refractivity contribution < 1.29 is 14.6 Å². The Balaban J connectivity index is 1.91. The van der Waals surface area contributed by atoms with Gasteiger partial charge in [0.25, 0.3) is 0 Å². The minimum Gasteiger partial charge on any atom is -0.481 e. The molecule has 106 valence electrons. The van der Waals surface area contributed by atoms with Crippen molar-refractivity contribution in [2.45, 2.75) is 18.1 Å². The average molecular weight is 292 g/mol. The number of ether oxygens (including phenoxy) is 1. The van der Waals surface area contributed by atoms with Crippen molar-refractivity contribution in [3.8, 4) is 0 Å². The van der Waals surface area contributed by atoms with Gasteiger partial charge in [-0.1, -0.05) is 23.9 Å². The van der Waals surface area contributed by atoms with E-state index in [1.54, 1.807) is 0 Å². The van der Waals surface area contributed by atoms with Crippen LogP contribution in [0.1, 0.15) is 6.42 Å². The van der Waals surface area contributed by atoms with Gasteiger partial charge in [-0.05, 0) is 18.6 Å². The maximum Gasteiger partial charge on any atom is 0.313 e. The van der Waals surface area contributed by atoms with E-state index in [-0.39, 0.29) is 5.75 Å². The molecule has 20 heavy (non-hydrogen) atoms. The number of rotatable bonds is 5. The van der Waals surface area contributed by atoms with E-state index in [1.807, 2.05) is 24.3 Å². The molecule has 1 aliphatic heterocycles. The van der Waals surface area contributed by atoms with Gasteiger partial charge in [-0.3, -0.25) is 4.79 Å². The number of para-hydroxylation sites is 2. The molecule has 0 aliphatic carbocycles. The number of thioether (sulfide) groups is 1. The Hall–Kier alpha value is -1.53. The number of hydrogen-bond donors (Lipinski definition) is 1. The van der Waals surface area contributed by atoms with Gasteiger partial charge in [-0.2, -0.15) is 0 Å². The van der Waals surface area contributed by atoms with Crippen molar-refractivity contribution in [3.05, 3.63) is 24.3 Å². The van der Waals surface area contributed by atoms with Crippen LogP contribution in [0.25, 0.3) is 11.0 Å². The van der Waals surface area contributed by atoms with E-state index in [9.17, 15) is 4.79 Å². The summed E-state index contributed by atoms with van der Waals surface area (Å²) < 4.78 is 7.55. The lowest BCUT2D eigenvalue weighted by atomic mass is 10.1. The van der Waals surface area contributed by atoms with E-state index in [2.05, 4.69) is 9.55 Å². The van der Waals surface area contributed by atoms with Crippen molar-refractivity contribution in [1.82, 2.24) is 9.55 Å². The molecule has 2 aromatic rings. The van der Waals surface area contributed by atoms with Crippen molar-refractivity contribution in [3.63, 3.8) is 0 Å². The lowest BCUT2D eigenvalue weighted by Crippen LogP contribution is -2.12. The Bertz CT molecular complexity index is 620. The summed E-state index contributed by atoms with van der Waals surface area (Å²) in [4.78, 5) is 15.3. The third-order valence-corrected chi connectivity index (χ3v) is 4.37. The van der Waals surface area contributed by atoms with E-state index < -0.39 is 5.97 Å². The fraction of sp³-hybridized carbons (Fsp3) is 0.429. The minimum absolute atomic E-state index is 0.0322. The van der Waals surface area contributed by atoms with Gasteiger partial charge in [0.15, 0.2) is 5.16 Å². The monoisotopic (exact) mass is 292 g/mol. The first-order chi connectivity index (χ1) is 9.74. The fourth-order valence-electron chi connectivity index (χ4n) is 2.45. The first kappa shape index (κ1) is 13.5. The maximum atomic E-state index is 10.8. The zero-order valence-corrected chi connectivity index (χ0v) is 11.8. The number of carbonyl (C=O) groups is 1. The fourth-order valence-corrected chi connectivity index (χ4v) is 3.20. The summed E-state index contributed by atoms with van der Waals surface area (Å²) in [5.41, 5.74) is 1.98. The number of benzene rings is 1. The molecule has 6 heteroatoms. The number of carboxylic acid groups (broad SMARTS) is 1. The van der Waals surface area contributed by atoms with Gasteiger partial charge in [-0.15, -0.1) is 0 Å². The van der Waals surface area contributed by atoms with E-state index >= 15 is 0 Å². The van der Waals surface area contributed by atoms with Gasteiger partial charge in [0.2, 0.25) is 0 Å². The third kappa shape index (κ3) is 2.81. The highest BCUT2D eigenvalue weighted by Gasteiger charge is 2.20. The van der Waals surface area contributed by atoms with Gasteiger partial charge < -0.3 is 14.4 Å². The van der Waals surface area contributed by atoms with Gasteiger partial charge in [0.1, 0.15) is 0 Å². The summed E-state index contributed by atoms with van der Waals surface area (Å²) in [6.07, 6.45) is 1.05. The first-order valence-electron chi connectivity index (χ1n) is 6.61. The Morgan fingerprint density at radius 2 is 2.35 bits per heavy atom. The van der Waals surface area contributed by atoms with Crippen molar-refractivity contribution >= 4 is 28.8 Å². The van der Waals surface area contributed by atoms with E-state index in [4.69, 9.17) is 9.84 Å². The highest BCUT2D eigenvalue weighted by atomic mass is 32.2. The van der Waals surface area contributed by atoms with E-state index in [1.165, 1.54) is 11.8 Å². The summed E-state index contributed by atoms with van der Waals surface area (Å²) in [5.74, 6) is -0.306. The molecule has 0 amide bonds. The van der Waals surface area contributed by atoms with E-state index in [0.717, 1.165) is 42.4 Å². The molecule has 1 atom stereocenters. The predicted molar refractivity (Wildman–Crippen MR) is 77.0 cm³/mol. The molecule has 1 fully saturated rings. The number of aliphatic carboxylic acids is 1. The Morgan fingerprint density at radius 3 is 3.10 bits per heavy atom. The quantitative estimate of drug-likeness (QED) is 0.856. The largest absolute Gasteiger partial charge is 0.481 e. The Kier molecular flexibility index (Phi) is 3.93. The van der Waals surface area contributed by atoms with Crippen molar-refractivity contribution in [2.24, 2.45) is 5.92 Å². The molecule has 1 saturated heterocycles. The number of carboxylic acids is 1. The smallest absolute Gasteiger partial charge is 0.313 e. The summed E-state index contributed by atoms with van der Waals surface area (Å²) in [6.45, 7) is 2.42. The molecule has 0 bridgehead atoms. The SMILES string of the molecule is O=C(O)CSc1nc2ccccc2n1CC1CCOC1. The molecule has 1 N–H and O–H groups in total. The molecular weight excluding hydrogens is 276 g/mol. The second-order valence-electron chi connectivity index (χ2n) is 4.91. The molecule has 0 radical (unpaired) electrons. The predicted octanol–water partition coefficient (Wildman–Crippen LogP) is 2.25. The molecule has 2 heterocycles. The zero-order valence-electron chi connectivity index (χ0n) is 11.0. The zero-order chi connectivity index (χ0) is 13.9. The standard InChI is InChI=1S/C14H16N2O3S/c17-13(18)9-20-14-15-11-3-1-2-4-12(11)16(14)7-10-5-6-19-8-10/h1-4,10H,5-9H2,(H,17,18). The first-order valence-corrected chi connectivity index (χ1v) is 7.60. The summed E-state index contributed by atoms with van der Waals surface area (Å²) in [5, 5.41) is 9.63. The summed E-state index contributed by atoms with van der Waals surface area (Å²) in [7, 11) is 0. The number of imidazole rings is 1. The molecular formula is C14H16N2O3S. The van der Waals surface area contributed by atoms with Crippen LogP contribution in [-0.2, 0) is 16.1 Å². The topological polar surface area (TPSA) is 64.3 Å². The van der Waals surface area contributed by atoms with Crippen LogP contribution in [0.15, 0.2) is 29.4 Å². The summed E-state index contributed by atoms with van der Waals surface area (Å²) in [6, 6.07) is 7.92. The normalized spacial score (nSPS) is 18.7. The Morgan fingerprint density at radius 1 is 1.50 bits per heavy atom. The molecule has 1 aromatic heterocycles. The van der Waals surface area contributed by atoms with Gasteiger partial charge in [-0.25, -0.2) is 4.98 Å². The second-order valence-corrected chi connectivity index (χ2v) is 5.85. The van der Waals surface area contributed by atoms with Crippen LogP contribution in [0.4, 0.5) is 0 Å². The van der Waals surface area contributed by atoms with Crippen molar-refractivity contribution in [1.29, 1.82) is 0 Å². The maximum absolute atomic E-state index is 10.8. The van der Waals surface area contributed by atoms with Crippen LogP contribution in [0, 0.1) is 5.92 Å². The molecule has 1 aliphatic rings. The number of hydrogen-bond acceptors (Lipinski definition) is 4. The average Bonchev–Trinajstić information content (AvgIpc) is 3.05. The van der Waals surface area contributed by atoms with Crippen molar-refractivity contribution in [2.75, 3.05) is 19.0 Å². The number of nitrogens with zero attached hydrogens (tertiary/aromatic N) is 2. The van der Waals surface area contributed by atoms with Crippen LogP contribution in [0.5, 0.6) is 0 Å². The number of aromatic nitrogens is 2. The molecule has 5 nitrogen and oxygen atoms in total.